The zero-order chi connectivity index (χ0) is 22.0. The van der Waals surface area contributed by atoms with Gasteiger partial charge in [-0.05, 0) is 20.3 Å². The first-order valence-corrected chi connectivity index (χ1v) is 11.9. The number of carbonyl (C=O) groups excluding carboxylic acids is 1. The first-order chi connectivity index (χ1) is 14.3. The van der Waals surface area contributed by atoms with E-state index in [1.54, 1.807) is 13.8 Å². The third kappa shape index (κ3) is 8.42. The van der Waals surface area contributed by atoms with Crippen LogP contribution in [0.4, 0.5) is 0 Å². The van der Waals surface area contributed by atoms with Gasteiger partial charge in [0.25, 0.3) is 0 Å². The van der Waals surface area contributed by atoms with Crippen LogP contribution in [0.5, 0.6) is 0 Å². The number of unbranched alkanes of at least 4 members (excludes halogenated alkanes) is 10. The van der Waals surface area contributed by atoms with Crippen LogP contribution < -0.4 is 0 Å². The number of carbonyl (C=O) groups is 1. The minimum atomic E-state index is -1.12. The van der Waals surface area contributed by atoms with Crippen molar-refractivity contribution in [2.75, 3.05) is 6.61 Å². The lowest BCUT2D eigenvalue weighted by atomic mass is 10.1. The monoisotopic (exact) mass is 430 g/mol. The number of hydrogen-bond acceptors (Lipinski definition) is 7. The summed E-state index contributed by atoms with van der Waals surface area (Å²) < 4.78 is 21.9. The molecule has 0 saturated carbocycles. The molecule has 0 aliphatic carbocycles. The van der Waals surface area contributed by atoms with E-state index in [4.69, 9.17) is 18.9 Å². The van der Waals surface area contributed by atoms with E-state index in [-0.39, 0.29) is 12.6 Å². The molecule has 0 aromatic heterocycles. The highest BCUT2D eigenvalue weighted by molar-refractivity contribution is 5.69. The molecular weight excluding hydrogens is 388 g/mol. The Morgan fingerprint density at radius 3 is 2.10 bits per heavy atom. The van der Waals surface area contributed by atoms with Gasteiger partial charge in [0, 0.05) is 6.42 Å². The van der Waals surface area contributed by atoms with E-state index in [0.29, 0.717) is 6.42 Å². The van der Waals surface area contributed by atoms with Gasteiger partial charge in [0.15, 0.2) is 12.1 Å². The van der Waals surface area contributed by atoms with E-state index in [2.05, 4.69) is 6.92 Å². The van der Waals surface area contributed by atoms with Crippen LogP contribution in [0.15, 0.2) is 0 Å². The van der Waals surface area contributed by atoms with Gasteiger partial charge in [-0.15, -0.1) is 0 Å². The van der Waals surface area contributed by atoms with E-state index in [1.807, 2.05) is 0 Å². The molecule has 2 aliphatic heterocycles. The number of fused-ring (bicyclic) bond motifs is 1. The lowest BCUT2D eigenvalue weighted by Crippen LogP contribution is -2.43. The van der Waals surface area contributed by atoms with Gasteiger partial charge in [0.1, 0.15) is 31.0 Å². The summed E-state index contributed by atoms with van der Waals surface area (Å²) in [5.74, 6) is -1.15. The Kier molecular flexibility index (Phi) is 11.0. The Bertz CT molecular complexity index is 496. The van der Waals surface area contributed by atoms with Crippen molar-refractivity contribution >= 4 is 5.97 Å². The molecule has 0 radical (unpaired) electrons. The molecule has 2 saturated heterocycles. The molecule has 2 rings (SSSR count). The second-order valence-corrected chi connectivity index (χ2v) is 9.10. The minimum Gasteiger partial charge on any atom is -0.463 e. The fourth-order valence-electron chi connectivity index (χ4n) is 4.11. The van der Waals surface area contributed by atoms with Crippen molar-refractivity contribution in [3.8, 4) is 0 Å². The van der Waals surface area contributed by atoms with E-state index >= 15 is 0 Å². The molecule has 176 valence electrons. The van der Waals surface area contributed by atoms with Crippen LogP contribution >= 0.6 is 0 Å². The molecular formula is C23H42O7. The zero-order valence-electron chi connectivity index (χ0n) is 19.0. The lowest BCUT2D eigenvalue weighted by molar-refractivity contribution is -0.228. The number of aliphatic hydroxyl groups excluding tert-OH is 2. The smallest absolute Gasteiger partial charge is 0.305 e. The first-order valence-electron chi connectivity index (χ1n) is 11.9. The fourth-order valence-corrected chi connectivity index (χ4v) is 4.11. The van der Waals surface area contributed by atoms with Crippen LogP contribution in [0.25, 0.3) is 0 Å². The van der Waals surface area contributed by atoms with Crippen molar-refractivity contribution in [1.29, 1.82) is 0 Å². The molecule has 2 heterocycles. The molecule has 0 aromatic rings. The molecule has 0 bridgehead atoms. The Hall–Kier alpha value is -0.730. The fraction of sp³-hybridized carbons (Fsp3) is 0.957. The normalized spacial score (nSPS) is 28.4. The number of rotatable bonds is 15. The van der Waals surface area contributed by atoms with E-state index in [0.717, 1.165) is 19.3 Å². The van der Waals surface area contributed by atoms with Crippen LogP contribution in [0.1, 0.15) is 97.8 Å². The van der Waals surface area contributed by atoms with Crippen molar-refractivity contribution < 1.29 is 34.0 Å². The van der Waals surface area contributed by atoms with Crippen LogP contribution in [0.2, 0.25) is 0 Å². The summed E-state index contributed by atoms with van der Waals surface area (Å²) in [6.07, 6.45) is 9.41. The predicted molar refractivity (Wildman–Crippen MR) is 113 cm³/mol. The van der Waals surface area contributed by atoms with Crippen LogP contribution in [0.3, 0.4) is 0 Å². The third-order valence-electron chi connectivity index (χ3n) is 5.83. The average molecular weight is 431 g/mol. The van der Waals surface area contributed by atoms with Gasteiger partial charge in [-0.2, -0.15) is 0 Å². The van der Waals surface area contributed by atoms with Crippen molar-refractivity contribution in [3.63, 3.8) is 0 Å². The van der Waals surface area contributed by atoms with Gasteiger partial charge in [-0.25, -0.2) is 0 Å². The van der Waals surface area contributed by atoms with E-state index < -0.39 is 36.5 Å². The molecule has 2 fully saturated rings. The van der Waals surface area contributed by atoms with Crippen LogP contribution in [-0.4, -0.2) is 59.3 Å². The Morgan fingerprint density at radius 1 is 0.967 bits per heavy atom. The summed E-state index contributed by atoms with van der Waals surface area (Å²) in [5, 5.41) is 20.6. The molecule has 0 amide bonds. The molecule has 7 heteroatoms. The number of ether oxygens (including phenoxy) is 4. The van der Waals surface area contributed by atoms with Crippen molar-refractivity contribution in [3.05, 3.63) is 0 Å². The highest BCUT2D eigenvalue weighted by Gasteiger charge is 2.56. The van der Waals surface area contributed by atoms with Gasteiger partial charge in [-0.3, -0.25) is 4.79 Å². The van der Waals surface area contributed by atoms with Crippen molar-refractivity contribution in [2.45, 2.75) is 134 Å². The maximum Gasteiger partial charge on any atom is 0.305 e. The van der Waals surface area contributed by atoms with Gasteiger partial charge in [-0.1, -0.05) is 71.1 Å². The molecule has 7 nitrogen and oxygen atoms in total. The molecule has 30 heavy (non-hydrogen) atoms. The maximum absolute atomic E-state index is 11.9. The standard InChI is InChI=1S/C23H42O7/c1-4-5-6-7-8-9-10-11-12-13-14-15-18(25)27-16-17(24)20-19(26)21-22(28-20)30-23(2,3)29-21/h17,19-22,24,26H,4-16H2,1-3H3/t17-,19+,20-,21-,22-/m1/s1. The molecule has 0 unspecified atom stereocenters. The van der Waals surface area contributed by atoms with Gasteiger partial charge >= 0.3 is 5.97 Å². The zero-order valence-corrected chi connectivity index (χ0v) is 19.0. The second-order valence-electron chi connectivity index (χ2n) is 9.10. The number of hydrogen-bond donors (Lipinski definition) is 2. The minimum absolute atomic E-state index is 0.207. The maximum atomic E-state index is 11.9. The highest BCUT2D eigenvalue weighted by atomic mass is 16.8. The summed E-state index contributed by atoms with van der Waals surface area (Å²) in [6, 6.07) is 0. The first kappa shape index (κ1) is 25.5. The van der Waals surface area contributed by atoms with E-state index in [1.165, 1.54) is 51.4 Å². The highest BCUT2D eigenvalue weighted by Crippen LogP contribution is 2.38. The van der Waals surface area contributed by atoms with Gasteiger partial charge in [0.05, 0.1) is 0 Å². The summed E-state index contributed by atoms with van der Waals surface area (Å²) in [6.45, 7) is 5.51. The second kappa shape index (κ2) is 13.0. The third-order valence-corrected chi connectivity index (χ3v) is 5.83. The number of esters is 1. The van der Waals surface area contributed by atoms with E-state index in [9.17, 15) is 15.0 Å². The van der Waals surface area contributed by atoms with Gasteiger partial charge < -0.3 is 29.2 Å². The largest absolute Gasteiger partial charge is 0.463 e. The average Bonchev–Trinajstić information content (AvgIpc) is 3.16. The van der Waals surface area contributed by atoms with Crippen molar-refractivity contribution in [2.24, 2.45) is 0 Å². The summed E-state index contributed by atoms with van der Waals surface area (Å²) in [5.41, 5.74) is 0. The van der Waals surface area contributed by atoms with Gasteiger partial charge in [0.2, 0.25) is 0 Å². The summed E-state index contributed by atoms with van der Waals surface area (Å²) in [7, 11) is 0. The molecule has 2 aliphatic rings. The van der Waals surface area contributed by atoms with Crippen LogP contribution in [0, 0.1) is 0 Å². The van der Waals surface area contributed by atoms with Crippen molar-refractivity contribution in [1.82, 2.24) is 0 Å². The predicted octanol–water partition coefficient (Wildman–Crippen LogP) is 3.83. The topological polar surface area (TPSA) is 94.5 Å². The summed E-state index contributed by atoms with van der Waals surface area (Å²) in [4.78, 5) is 11.9. The lowest BCUT2D eigenvalue weighted by Gasteiger charge is -2.25. The summed E-state index contributed by atoms with van der Waals surface area (Å²) >= 11 is 0. The quantitative estimate of drug-likeness (QED) is 0.301. The molecule has 5 atom stereocenters. The molecule has 0 aromatic carbocycles. The van der Waals surface area contributed by atoms with Crippen LogP contribution in [-0.2, 0) is 23.7 Å². The Labute approximate surface area is 181 Å². The Morgan fingerprint density at radius 2 is 1.53 bits per heavy atom. The number of aliphatic hydroxyl groups is 2. The molecule has 2 N–H and O–H groups in total. The SMILES string of the molecule is CCCCCCCCCCCCCC(=O)OC[C@@H](O)[C@H]1O[C@@H]2OC(C)(C)O[C@@H]2[C@H]1O. The molecule has 0 spiro atoms. The Balaban J connectivity index is 1.47.